The van der Waals surface area contributed by atoms with Crippen molar-refractivity contribution in [1.82, 2.24) is 9.55 Å². The quantitative estimate of drug-likeness (QED) is 0.502. The molecule has 31 heavy (non-hydrogen) atoms. The van der Waals surface area contributed by atoms with Gasteiger partial charge in [-0.3, -0.25) is 14.2 Å². The lowest BCUT2D eigenvalue weighted by Crippen LogP contribution is -2.31. The van der Waals surface area contributed by atoms with E-state index in [1.165, 1.54) is 0 Å². The van der Waals surface area contributed by atoms with Crippen LogP contribution in [0.25, 0.3) is 16.6 Å². The smallest absolute Gasteiger partial charge is 0.265 e. The molecule has 0 aliphatic carbocycles. The van der Waals surface area contributed by atoms with Crippen molar-refractivity contribution in [1.29, 1.82) is 0 Å². The monoisotopic (exact) mass is 409 g/mol. The average Bonchev–Trinajstić information content (AvgIpc) is 3.05. The molecule has 0 saturated carbocycles. The van der Waals surface area contributed by atoms with Crippen LogP contribution in [0.5, 0.6) is 0 Å². The van der Waals surface area contributed by atoms with Gasteiger partial charge in [0.25, 0.3) is 5.56 Å². The normalized spacial score (nSPS) is 15.5. The SMILES string of the molecule is CCN1C(=O)[C@@H](Cc2nc3ccccc3c(=O)n2-c2cccc(C)c2)c2ccccc21. The number of fused-ring (bicyclic) bond motifs is 2. The summed E-state index contributed by atoms with van der Waals surface area (Å²) in [4.78, 5) is 33.4. The van der Waals surface area contributed by atoms with E-state index in [1.807, 2.05) is 85.5 Å². The topological polar surface area (TPSA) is 55.2 Å². The Hall–Kier alpha value is -3.73. The summed E-state index contributed by atoms with van der Waals surface area (Å²) >= 11 is 0. The Morgan fingerprint density at radius 2 is 1.71 bits per heavy atom. The van der Waals surface area contributed by atoms with Gasteiger partial charge >= 0.3 is 0 Å². The molecule has 2 heterocycles. The number of anilines is 1. The van der Waals surface area contributed by atoms with Gasteiger partial charge in [-0.25, -0.2) is 4.98 Å². The molecule has 1 amide bonds. The van der Waals surface area contributed by atoms with Gasteiger partial charge in [-0.2, -0.15) is 0 Å². The molecule has 1 atom stereocenters. The van der Waals surface area contributed by atoms with Crippen molar-refractivity contribution in [2.45, 2.75) is 26.2 Å². The fourth-order valence-electron chi connectivity index (χ4n) is 4.52. The van der Waals surface area contributed by atoms with Crippen LogP contribution in [0.15, 0.2) is 77.6 Å². The lowest BCUT2D eigenvalue weighted by atomic mass is 9.96. The molecule has 0 fully saturated rings. The Kier molecular flexibility index (Phi) is 4.66. The number of aromatic nitrogens is 2. The van der Waals surface area contributed by atoms with Crippen LogP contribution in [0.4, 0.5) is 5.69 Å². The predicted octanol–water partition coefficient (Wildman–Crippen LogP) is 4.39. The predicted molar refractivity (Wildman–Crippen MR) is 123 cm³/mol. The molecular formula is C26H23N3O2. The molecule has 0 radical (unpaired) electrons. The van der Waals surface area contributed by atoms with E-state index in [0.29, 0.717) is 29.7 Å². The highest BCUT2D eigenvalue weighted by Crippen LogP contribution is 2.38. The fourth-order valence-corrected chi connectivity index (χ4v) is 4.52. The number of nitrogens with zero attached hydrogens (tertiary/aromatic N) is 3. The number of aryl methyl sites for hydroxylation is 1. The van der Waals surface area contributed by atoms with Crippen LogP contribution in [0, 0.1) is 6.92 Å². The van der Waals surface area contributed by atoms with Crippen LogP contribution in [-0.2, 0) is 11.2 Å². The summed E-state index contributed by atoms with van der Waals surface area (Å²) in [5.41, 5.74) is 4.31. The standard InChI is InChI=1S/C26H23N3O2/c1-3-28-23-14-7-5-11-19(23)21(25(28)30)16-24-27-22-13-6-4-12-20(22)26(31)29(24)18-10-8-9-17(2)15-18/h4-15,21H,3,16H2,1-2H3/t21-/m0/s1. The molecule has 0 spiro atoms. The molecular weight excluding hydrogens is 386 g/mol. The van der Waals surface area contributed by atoms with Crippen molar-refractivity contribution >= 4 is 22.5 Å². The number of rotatable bonds is 4. The largest absolute Gasteiger partial charge is 0.312 e. The van der Waals surface area contributed by atoms with Gasteiger partial charge in [0.15, 0.2) is 0 Å². The molecule has 0 N–H and O–H groups in total. The summed E-state index contributed by atoms with van der Waals surface area (Å²) in [5.74, 6) is 0.294. The Morgan fingerprint density at radius 1 is 0.935 bits per heavy atom. The summed E-state index contributed by atoms with van der Waals surface area (Å²) in [6, 6.07) is 23.1. The van der Waals surface area contributed by atoms with Crippen LogP contribution in [0.3, 0.4) is 0 Å². The minimum absolute atomic E-state index is 0.0573. The first-order valence-electron chi connectivity index (χ1n) is 10.6. The number of amides is 1. The highest BCUT2D eigenvalue weighted by molar-refractivity contribution is 6.05. The Morgan fingerprint density at radius 3 is 2.52 bits per heavy atom. The number of benzene rings is 3. The van der Waals surface area contributed by atoms with Gasteiger partial charge in [-0.05, 0) is 55.3 Å². The maximum atomic E-state index is 13.5. The van der Waals surface area contributed by atoms with E-state index in [2.05, 4.69) is 0 Å². The molecule has 1 aliphatic rings. The molecule has 4 aromatic rings. The molecule has 5 heteroatoms. The highest BCUT2D eigenvalue weighted by atomic mass is 16.2. The van der Waals surface area contributed by atoms with Crippen LogP contribution in [0.1, 0.15) is 29.8 Å². The minimum atomic E-state index is -0.361. The molecule has 0 unspecified atom stereocenters. The van der Waals surface area contributed by atoms with Gasteiger partial charge in [0, 0.05) is 18.7 Å². The van der Waals surface area contributed by atoms with Crippen molar-refractivity contribution in [2.75, 3.05) is 11.4 Å². The van der Waals surface area contributed by atoms with Crippen molar-refractivity contribution < 1.29 is 4.79 Å². The molecule has 5 rings (SSSR count). The third-order valence-electron chi connectivity index (χ3n) is 5.98. The maximum Gasteiger partial charge on any atom is 0.265 e. The number of para-hydroxylation sites is 2. The zero-order chi connectivity index (χ0) is 21.5. The van der Waals surface area contributed by atoms with E-state index < -0.39 is 0 Å². The fraction of sp³-hybridized carbons (Fsp3) is 0.192. The van der Waals surface area contributed by atoms with Gasteiger partial charge in [-0.15, -0.1) is 0 Å². The van der Waals surface area contributed by atoms with E-state index in [4.69, 9.17) is 4.98 Å². The van der Waals surface area contributed by atoms with Crippen molar-refractivity contribution in [3.8, 4) is 5.69 Å². The molecule has 3 aromatic carbocycles. The summed E-state index contributed by atoms with van der Waals surface area (Å²) in [7, 11) is 0. The number of carbonyl (C=O) groups excluding carboxylic acids is 1. The van der Waals surface area contributed by atoms with Gasteiger partial charge in [0.05, 0.1) is 22.5 Å². The van der Waals surface area contributed by atoms with Crippen molar-refractivity contribution in [3.63, 3.8) is 0 Å². The number of hydrogen-bond donors (Lipinski definition) is 0. The zero-order valence-electron chi connectivity index (χ0n) is 17.6. The Balaban J connectivity index is 1.71. The first-order chi connectivity index (χ1) is 15.1. The van der Waals surface area contributed by atoms with E-state index in [0.717, 1.165) is 22.5 Å². The van der Waals surface area contributed by atoms with Crippen LogP contribution in [0.2, 0.25) is 0 Å². The van der Waals surface area contributed by atoms with Gasteiger partial charge in [0.1, 0.15) is 5.82 Å². The summed E-state index contributed by atoms with van der Waals surface area (Å²) in [6.45, 7) is 4.59. The molecule has 154 valence electrons. The van der Waals surface area contributed by atoms with Crippen LogP contribution >= 0.6 is 0 Å². The third kappa shape index (κ3) is 3.13. The van der Waals surface area contributed by atoms with E-state index >= 15 is 0 Å². The second kappa shape index (κ2) is 7.51. The molecule has 5 nitrogen and oxygen atoms in total. The van der Waals surface area contributed by atoms with Crippen LogP contribution in [-0.4, -0.2) is 22.0 Å². The second-order valence-electron chi connectivity index (χ2n) is 7.92. The van der Waals surface area contributed by atoms with Gasteiger partial charge in [0.2, 0.25) is 5.91 Å². The first-order valence-corrected chi connectivity index (χ1v) is 10.6. The second-order valence-corrected chi connectivity index (χ2v) is 7.92. The summed E-state index contributed by atoms with van der Waals surface area (Å²) < 4.78 is 1.67. The Labute approximate surface area is 180 Å². The van der Waals surface area contributed by atoms with E-state index in [1.54, 1.807) is 10.6 Å². The van der Waals surface area contributed by atoms with Crippen molar-refractivity contribution in [2.24, 2.45) is 0 Å². The molecule has 0 bridgehead atoms. The van der Waals surface area contributed by atoms with Crippen molar-refractivity contribution in [3.05, 3.63) is 100 Å². The average molecular weight is 409 g/mol. The number of carbonyl (C=O) groups is 1. The molecule has 1 aromatic heterocycles. The highest BCUT2D eigenvalue weighted by Gasteiger charge is 2.37. The summed E-state index contributed by atoms with van der Waals surface area (Å²) in [5, 5.41) is 0.570. The third-order valence-corrected chi connectivity index (χ3v) is 5.98. The van der Waals surface area contributed by atoms with E-state index in [9.17, 15) is 9.59 Å². The minimum Gasteiger partial charge on any atom is -0.312 e. The Bertz CT molecular complexity index is 1370. The van der Waals surface area contributed by atoms with Crippen LogP contribution < -0.4 is 10.5 Å². The summed E-state index contributed by atoms with van der Waals surface area (Å²) in [6.07, 6.45) is 0.361. The number of likely N-dealkylation sites (N-methyl/N-ethyl adjacent to an activating group) is 1. The first kappa shape index (κ1) is 19.2. The molecule has 0 saturated heterocycles. The van der Waals surface area contributed by atoms with E-state index in [-0.39, 0.29) is 17.4 Å². The van der Waals surface area contributed by atoms with Gasteiger partial charge < -0.3 is 4.90 Å². The lowest BCUT2D eigenvalue weighted by Gasteiger charge is -2.18. The van der Waals surface area contributed by atoms with Gasteiger partial charge in [-0.1, -0.05) is 42.5 Å². The zero-order valence-corrected chi connectivity index (χ0v) is 17.6. The lowest BCUT2D eigenvalue weighted by molar-refractivity contribution is -0.119. The maximum absolute atomic E-state index is 13.5. The number of hydrogen-bond acceptors (Lipinski definition) is 3. The molecule has 1 aliphatic heterocycles.